The number of benzene rings is 1. The van der Waals surface area contributed by atoms with Crippen LogP contribution in [0.3, 0.4) is 0 Å². The van der Waals surface area contributed by atoms with Gasteiger partial charge in [0, 0.05) is 17.5 Å². The molecule has 0 spiro atoms. The molecule has 2 N–H and O–H groups in total. The number of aliphatic hydroxyl groups excluding tert-OH is 1. The second kappa shape index (κ2) is 7.66. The molecule has 0 saturated carbocycles. The van der Waals surface area contributed by atoms with Gasteiger partial charge >= 0.3 is 0 Å². The van der Waals surface area contributed by atoms with E-state index in [1.54, 1.807) is 18.2 Å². The van der Waals surface area contributed by atoms with Crippen molar-refractivity contribution in [3.05, 3.63) is 71.4 Å². The summed E-state index contributed by atoms with van der Waals surface area (Å²) < 4.78 is 5.53. The number of phenolic OH excluding ortho intramolecular Hbond substituents is 1. The molecule has 1 aliphatic rings. The highest BCUT2D eigenvalue weighted by Crippen LogP contribution is 2.32. The molecule has 0 aliphatic carbocycles. The maximum atomic E-state index is 10.0. The quantitative estimate of drug-likeness (QED) is 0.791. The third kappa shape index (κ3) is 3.89. The van der Waals surface area contributed by atoms with Crippen LogP contribution in [0.5, 0.6) is 11.5 Å². The van der Waals surface area contributed by atoms with Crippen molar-refractivity contribution in [2.75, 3.05) is 13.2 Å². The summed E-state index contributed by atoms with van der Waals surface area (Å²) in [6, 6.07) is 3.70. The summed E-state index contributed by atoms with van der Waals surface area (Å²) in [6.07, 6.45) is 10.7. The van der Waals surface area contributed by atoms with Crippen molar-refractivity contribution in [3.8, 4) is 11.5 Å². The van der Waals surface area contributed by atoms with E-state index in [0.717, 1.165) is 34.4 Å². The van der Waals surface area contributed by atoms with Crippen LogP contribution in [0.4, 0.5) is 0 Å². The first-order valence-corrected chi connectivity index (χ1v) is 7.39. The molecule has 0 saturated heterocycles. The molecule has 0 unspecified atom stereocenters. The molecule has 1 aliphatic heterocycles. The summed E-state index contributed by atoms with van der Waals surface area (Å²) in [5.41, 5.74) is 3.74. The molecule has 1 heterocycles. The van der Waals surface area contributed by atoms with Crippen molar-refractivity contribution >= 4 is 0 Å². The van der Waals surface area contributed by atoms with E-state index in [0.29, 0.717) is 18.8 Å². The Labute approximate surface area is 131 Å². The summed E-state index contributed by atoms with van der Waals surface area (Å²) in [7, 11) is 0. The molecule has 116 valence electrons. The molecule has 0 fully saturated rings. The molecular weight excluding hydrogens is 276 g/mol. The van der Waals surface area contributed by atoms with Gasteiger partial charge in [-0.25, -0.2) is 0 Å². The van der Waals surface area contributed by atoms with Crippen LogP contribution >= 0.6 is 0 Å². The molecule has 1 aromatic carbocycles. The first kappa shape index (κ1) is 16.1. The predicted molar refractivity (Wildman–Crippen MR) is 89.3 cm³/mol. The van der Waals surface area contributed by atoms with E-state index in [4.69, 9.17) is 4.74 Å². The summed E-state index contributed by atoms with van der Waals surface area (Å²) in [4.78, 5) is 0. The Morgan fingerprint density at radius 3 is 2.91 bits per heavy atom. The summed E-state index contributed by atoms with van der Waals surface area (Å²) in [6.45, 7) is 6.23. The lowest BCUT2D eigenvalue weighted by molar-refractivity contribution is 0.334. The van der Waals surface area contributed by atoms with Gasteiger partial charge in [-0.05, 0) is 36.6 Å². The molecule has 0 bridgehead atoms. The molecule has 22 heavy (non-hydrogen) atoms. The molecule has 3 nitrogen and oxygen atoms in total. The highest BCUT2D eigenvalue weighted by molar-refractivity contribution is 5.48. The first-order chi connectivity index (χ1) is 10.7. The minimum atomic E-state index is -0.0154. The average molecular weight is 298 g/mol. The Hall–Kier alpha value is -2.26. The monoisotopic (exact) mass is 298 g/mol. The van der Waals surface area contributed by atoms with Crippen LogP contribution in [0.25, 0.3) is 0 Å². The Morgan fingerprint density at radius 1 is 1.36 bits per heavy atom. The van der Waals surface area contributed by atoms with Gasteiger partial charge in [0.2, 0.25) is 0 Å². The number of hydrogen-bond donors (Lipinski definition) is 2. The van der Waals surface area contributed by atoms with Crippen LogP contribution in [0.2, 0.25) is 0 Å². The second-order valence-electron chi connectivity index (χ2n) is 5.25. The zero-order chi connectivity index (χ0) is 15.9. The van der Waals surface area contributed by atoms with Crippen LogP contribution in [0.1, 0.15) is 18.1 Å². The van der Waals surface area contributed by atoms with Crippen LogP contribution in [-0.2, 0) is 12.8 Å². The van der Waals surface area contributed by atoms with E-state index in [1.807, 2.05) is 31.2 Å². The van der Waals surface area contributed by atoms with E-state index in [1.165, 1.54) is 0 Å². The minimum absolute atomic E-state index is 0.0154. The summed E-state index contributed by atoms with van der Waals surface area (Å²) >= 11 is 0. The number of allylic oxidation sites excluding steroid dienone is 5. The molecule has 1 aromatic rings. The number of hydrogen-bond acceptors (Lipinski definition) is 3. The fourth-order valence-corrected chi connectivity index (χ4v) is 2.38. The van der Waals surface area contributed by atoms with Gasteiger partial charge in [-0.2, -0.15) is 0 Å². The highest BCUT2D eigenvalue weighted by atomic mass is 16.5. The number of aromatic hydroxyl groups is 1. The van der Waals surface area contributed by atoms with Crippen molar-refractivity contribution in [3.63, 3.8) is 0 Å². The van der Waals surface area contributed by atoms with Gasteiger partial charge in [0.1, 0.15) is 11.5 Å². The predicted octanol–water partition coefficient (Wildman–Crippen LogP) is 3.48. The number of aliphatic hydroxyl groups is 1. The fourth-order valence-electron chi connectivity index (χ4n) is 2.38. The van der Waals surface area contributed by atoms with Crippen molar-refractivity contribution in [2.45, 2.75) is 19.8 Å². The normalized spacial score (nSPS) is 15.0. The van der Waals surface area contributed by atoms with E-state index >= 15 is 0 Å². The largest absolute Gasteiger partial charge is 0.508 e. The Balaban J connectivity index is 2.10. The van der Waals surface area contributed by atoms with Crippen molar-refractivity contribution < 1.29 is 14.9 Å². The van der Waals surface area contributed by atoms with Gasteiger partial charge in [0.15, 0.2) is 0 Å². The number of rotatable bonds is 6. The van der Waals surface area contributed by atoms with Gasteiger partial charge in [0.25, 0.3) is 0 Å². The summed E-state index contributed by atoms with van der Waals surface area (Å²) in [5.74, 6) is 1.18. The zero-order valence-electron chi connectivity index (χ0n) is 12.9. The van der Waals surface area contributed by atoms with Crippen LogP contribution in [0.15, 0.2) is 60.2 Å². The maximum absolute atomic E-state index is 10.0. The smallest absolute Gasteiger partial charge is 0.123 e. The van der Waals surface area contributed by atoms with Gasteiger partial charge in [0.05, 0.1) is 13.2 Å². The first-order valence-electron chi connectivity index (χ1n) is 7.39. The minimum Gasteiger partial charge on any atom is -0.508 e. The van der Waals surface area contributed by atoms with Crippen LogP contribution < -0.4 is 4.74 Å². The number of fused-ring (bicyclic) bond motifs is 1. The van der Waals surface area contributed by atoms with Gasteiger partial charge in [-0.15, -0.1) is 0 Å². The Morgan fingerprint density at radius 2 is 2.18 bits per heavy atom. The molecule has 0 radical (unpaired) electrons. The lowest BCUT2D eigenvalue weighted by atomic mass is 10.0. The molecule has 0 aromatic heterocycles. The molecule has 0 atom stereocenters. The van der Waals surface area contributed by atoms with Gasteiger partial charge in [-0.1, -0.05) is 37.0 Å². The maximum Gasteiger partial charge on any atom is 0.123 e. The van der Waals surface area contributed by atoms with Gasteiger partial charge < -0.3 is 14.9 Å². The molecule has 2 rings (SSSR count). The van der Waals surface area contributed by atoms with Crippen LogP contribution in [0, 0.1) is 0 Å². The third-order valence-corrected chi connectivity index (χ3v) is 3.71. The lowest BCUT2D eigenvalue weighted by Crippen LogP contribution is -1.90. The van der Waals surface area contributed by atoms with E-state index in [9.17, 15) is 10.2 Å². The molecule has 3 heteroatoms. The van der Waals surface area contributed by atoms with E-state index in [2.05, 4.69) is 6.58 Å². The van der Waals surface area contributed by atoms with Crippen molar-refractivity contribution in [2.24, 2.45) is 0 Å². The van der Waals surface area contributed by atoms with E-state index in [-0.39, 0.29) is 6.61 Å². The average Bonchev–Trinajstić information content (AvgIpc) is 2.95. The zero-order valence-corrected chi connectivity index (χ0v) is 12.9. The number of phenols is 1. The van der Waals surface area contributed by atoms with Crippen molar-refractivity contribution in [1.29, 1.82) is 0 Å². The topological polar surface area (TPSA) is 49.7 Å². The standard InChI is InChI=1S/C19H22O3/c1-3-4-7-17(13-20)14(2)6-5-8-15-12-19-16(9-10-22-19)11-18(15)21/h3-7,11-12,20-21H,1,8-10,13H2,2H3/b6-5+,7-4-,17-14-. The fraction of sp³-hybridized carbons (Fsp3) is 0.263. The van der Waals surface area contributed by atoms with Crippen molar-refractivity contribution in [1.82, 2.24) is 0 Å². The Kier molecular flexibility index (Phi) is 5.61. The SMILES string of the molecule is C=C\C=C/C(CO)=C(C)/C=C/Cc1cc2c(cc1O)CCO2. The highest BCUT2D eigenvalue weighted by Gasteiger charge is 2.14. The second-order valence-corrected chi connectivity index (χ2v) is 5.25. The number of ether oxygens (including phenoxy) is 1. The van der Waals surface area contributed by atoms with Crippen LogP contribution in [-0.4, -0.2) is 23.4 Å². The lowest BCUT2D eigenvalue weighted by Gasteiger charge is -2.06. The third-order valence-electron chi connectivity index (χ3n) is 3.71. The molecule has 0 amide bonds. The summed E-state index contributed by atoms with van der Waals surface area (Å²) in [5, 5.41) is 19.4. The van der Waals surface area contributed by atoms with E-state index < -0.39 is 0 Å². The molecular formula is C19H22O3. The van der Waals surface area contributed by atoms with Gasteiger partial charge in [-0.3, -0.25) is 0 Å². The Bertz CT molecular complexity index is 636.